The number of hydrogen-bond donors (Lipinski definition) is 0. The van der Waals surface area contributed by atoms with E-state index in [-0.39, 0.29) is 5.97 Å². The second-order valence-electron chi connectivity index (χ2n) is 3.77. The average molecular weight is 218 g/mol. The van der Waals surface area contributed by atoms with Crippen LogP contribution >= 0.6 is 0 Å². The van der Waals surface area contributed by atoms with Crippen LogP contribution in [0.1, 0.15) is 30.9 Å². The first-order chi connectivity index (χ1) is 7.72. The van der Waals surface area contributed by atoms with Crippen LogP contribution in [-0.2, 0) is 9.53 Å². The predicted molar refractivity (Wildman–Crippen MR) is 66.1 cm³/mol. The Morgan fingerprint density at radius 3 is 2.94 bits per heavy atom. The summed E-state index contributed by atoms with van der Waals surface area (Å²) in [6.07, 6.45) is 5.21. The third-order valence-electron chi connectivity index (χ3n) is 2.20. The van der Waals surface area contributed by atoms with Gasteiger partial charge in [-0.3, -0.25) is 0 Å². The van der Waals surface area contributed by atoms with Crippen molar-refractivity contribution in [1.82, 2.24) is 0 Å². The number of carbonyl (C=O) groups is 1. The summed E-state index contributed by atoms with van der Waals surface area (Å²) in [6.45, 7) is 4.60. The van der Waals surface area contributed by atoms with Gasteiger partial charge in [-0.1, -0.05) is 43.2 Å². The number of rotatable bonds is 5. The summed E-state index contributed by atoms with van der Waals surface area (Å²) in [5, 5.41) is 0. The van der Waals surface area contributed by atoms with Gasteiger partial charge in [0.15, 0.2) is 0 Å². The molecule has 0 unspecified atom stereocenters. The molecule has 0 aliphatic rings. The number of esters is 1. The Morgan fingerprint density at radius 1 is 1.44 bits per heavy atom. The zero-order chi connectivity index (χ0) is 11.8. The summed E-state index contributed by atoms with van der Waals surface area (Å²) in [6, 6.07) is 7.98. The van der Waals surface area contributed by atoms with Crippen LogP contribution in [0.2, 0.25) is 0 Å². The molecule has 0 aliphatic carbocycles. The van der Waals surface area contributed by atoms with Gasteiger partial charge in [-0.05, 0) is 25.0 Å². The molecule has 0 spiro atoms. The zero-order valence-electron chi connectivity index (χ0n) is 9.90. The minimum Gasteiger partial charge on any atom is -0.463 e. The number of unbranched alkanes of at least 4 members (excludes halogenated alkanes) is 1. The van der Waals surface area contributed by atoms with Crippen molar-refractivity contribution in [2.24, 2.45) is 0 Å². The molecule has 0 atom stereocenters. The van der Waals surface area contributed by atoms with Crippen LogP contribution < -0.4 is 0 Å². The van der Waals surface area contributed by atoms with Crippen LogP contribution in [0, 0.1) is 6.92 Å². The SMILES string of the molecule is CCCCOC(=O)/C=C/c1cccc(C)c1. The fourth-order valence-corrected chi connectivity index (χ4v) is 1.30. The minimum absolute atomic E-state index is 0.269. The van der Waals surface area contributed by atoms with Crippen LogP contribution in [-0.4, -0.2) is 12.6 Å². The van der Waals surface area contributed by atoms with Gasteiger partial charge in [-0.15, -0.1) is 0 Å². The van der Waals surface area contributed by atoms with Gasteiger partial charge in [-0.25, -0.2) is 4.79 Å². The lowest BCUT2D eigenvalue weighted by atomic mass is 10.1. The fraction of sp³-hybridized carbons (Fsp3) is 0.357. The van der Waals surface area contributed by atoms with E-state index < -0.39 is 0 Å². The number of benzene rings is 1. The lowest BCUT2D eigenvalue weighted by Crippen LogP contribution is -2.01. The number of carbonyl (C=O) groups excluding carboxylic acids is 1. The smallest absolute Gasteiger partial charge is 0.330 e. The Labute approximate surface area is 96.9 Å². The quantitative estimate of drug-likeness (QED) is 0.430. The van der Waals surface area contributed by atoms with Crippen LogP contribution in [0.5, 0.6) is 0 Å². The molecule has 0 saturated heterocycles. The van der Waals surface area contributed by atoms with Crippen LogP contribution in [0.4, 0.5) is 0 Å². The van der Waals surface area contributed by atoms with Crippen molar-refractivity contribution in [3.05, 3.63) is 41.5 Å². The number of aryl methyl sites for hydroxylation is 1. The van der Waals surface area contributed by atoms with Gasteiger partial charge < -0.3 is 4.74 Å². The van der Waals surface area contributed by atoms with Gasteiger partial charge in [0.05, 0.1) is 6.61 Å². The molecule has 0 N–H and O–H groups in total. The van der Waals surface area contributed by atoms with E-state index in [0.717, 1.165) is 18.4 Å². The molecule has 1 aromatic rings. The highest BCUT2D eigenvalue weighted by Crippen LogP contribution is 2.05. The summed E-state index contributed by atoms with van der Waals surface area (Å²) in [4.78, 5) is 11.3. The van der Waals surface area contributed by atoms with Crippen molar-refractivity contribution in [3.8, 4) is 0 Å². The van der Waals surface area contributed by atoms with Crippen molar-refractivity contribution >= 4 is 12.0 Å². The van der Waals surface area contributed by atoms with Crippen LogP contribution in [0.25, 0.3) is 6.08 Å². The van der Waals surface area contributed by atoms with Gasteiger partial charge in [0.2, 0.25) is 0 Å². The molecule has 2 heteroatoms. The Kier molecular flexibility index (Phi) is 5.34. The first-order valence-corrected chi connectivity index (χ1v) is 5.64. The van der Waals surface area contributed by atoms with E-state index in [2.05, 4.69) is 6.92 Å². The largest absolute Gasteiger partial charge is 0.463 e. The molecule has 0 bridgehead atoms. The molecule has 0 saturated carbocycles. The highest BCUT2D eigenvalue weighted by atomic mass is 16.5. The molecule has 0 radical (unpaired) electrons. The van der Waals surface area contributed by atoms with Crippen LogP contribution in [0.15, 0.2) is 30.3 Å². The van der Waals surface area contributed by atoms with Crippen LogP contribution in [0.3, 0.4) is 0 Å². The lowest BCUT2D eigenvalue weighted by molar-refractivity contribution is -0.137. The third-order valence-corrected chi connectivity index (χ3v) is 2.20. The molecular formula is C14H18O2. The molecule has 0 aliphatic heterocycles. The van der Waals surface area contributed by atoms with Gasteiger partial charge >= 0.3 is 5.97 Å². The van der Waals surface area contributed by atoms with E-state index in [1.165, 1.54) is 11.6 Å². The molecule has 86 valence electrons. The summed E-state index contributed by atoms with van der Waals surface area (Å²) >= 11 is 0. The van der Waals surface area contributed by atoms with Crippen molar-refractivity contribution in [2.75, 3.05) is 6.61 Å². The molecule has 1 rings (SSSR count). The molecule has 2 nitrogen and oxygen atoms in total. The van der Waals surface area contributed by atoms with Gasteiger partial charge in [0.1, 0.15) is 0 Å². The molecule has 0 heterocycles. The van der Waals surface area contributed by atoms with E-state index in [1.807, 2.05) is 31.2 Å². The molecular weight excluding hydrogens is 200 g/mol. The summed E-state index contributed by atoms with van der Waals surface area (Å²) in [7, 11) is 0. The molecule has 0 amide bonds. The first-order valence-electron chi connectivity index (χ1n) is 5.64. The van der Waals surface area contributed by atoms with Crippen molar-refractivity contribution in [1.29, 1.82) is 0 Å². The minimum atomic E-state index is -0.269. The summed E-state index contributed by atoms with van der Waals surface area (Å²) < 4.78 is 5.01. The third kappa shape index (κ3) is 4.78. The number of ether oxygens (including phenoxy) is 1. The zero-order valence-corrected chi connectivity index (χ0v) is 9.90. The predicted octanol–water partition coefficient (Wildman–Crippen LogP) is 3.35. The lowest BCUT2D eigenvalue weighted by Gasteiger charge is -1.99. The normalized spacial score (nSPS) is 10.6. The summed E-state index contributed by atoms with van der Waals surface area (Å²) in [5.41, 5.74) is 2.20. The maximum absolute atomic E-state index is 11.3. The van der Waals surface area contributed by atoms with E-state index in [1.54, 1.807) is 6.08 Å². The van der Waals surface area contributed by atoms with E-state index in [0.29, 0.717) is 6.61 Å². The maximum Gasteiger partial charge on any atom is 0.330 e. The Balaban J connectivity index is 2.44. The average Bonchev–Trinajstić information content (AvgIpc) is 2.27. The fourth-order valence-electron chi connectivity index (χ4n) is 1.30. The topological polar surface area (TPSA) is 26.3 Å². The Bertz CT molecular complexity index is 367. The number of hydrogen-bond acceptors (Lipinski definition) is 2. The maximum atomic E-state index is 11.3. The van der Waals surface area contributed by atoms with E-state index >= 15 is 0 Å². The van der Waals surface area contributed by atoms with Crippen molar-refractivity contribution in [2.45, 2.75) is 26.7 Å². The molecule has 0 aromatic heterocycles. The second-order valence-corrected chi connectivity index (χ2v) is 3.77. The standard InChI is InChI=1S/C14H18O2/c1-3-4-10-16-14(15)9-8-13-7-5-6-12(2)11-13/h5-9,11H,3-4,10H2,1-2H3/b9-8+. The van der Waals surface area contributed by atoms with Crippen molar-refractivity contribution in [3.63, 3.8) is 0 Å². The summed E-state index contributed by atoms with van der Waals surface area (Å²) in [5.74, 6) is -0.269. The van der Waals surface area contributed by atoms with Gasteiger partial charge in [-0.2, -0.15) is 0 Å². The Morgan fingerprint density at radius 2 is 2.25 bits per heavy atom. The monoisotopic (exact) mass is 218 g/mol. The van der Waals surface area contributed by atoms with Crippen molar-refractivity contribution < 1.29 is 9.53 Å². The Hall–Kier alpha value is -1.57. The van der Waals surface area contributed by atoms with Gasteiger partial charge in [0.25, 0.3) is 0 Å². The molecule has 1 aromatic carbocycles. The highest BCUT2D eigenvalue weighted by Gasteiger charge is 1.95. The first kappa shape index (κ1) is 12.5. The highest BCUT2D eigenvalue weighted by molar-refractivity contribution is 5.87. The van der Waals surface area contributed by atoms with E-state index in [4.69, 9.17) is 4.74 Å². The van der Waals surface area contributed by atoms with E-state index in [9.17, 15) is 4.79 Å². The second kappa shape index (κ2) is 6.83. The molecule has 16 heavy (non-hydrogen) atoms. The van der Waals surface area contributed by atoms with Gasteiger partial charge in [0, 0.05) is 6.08 Å². The molecule has 0 fully saturated rings.